The van der Waals surface area contributed by atoms with Gasteiger partial charge in [-0.3, -0.25) is 4.79 Å². The van der Waals surface area contributed by atoms with Crippen LogP contribution in [0.2, 0.25) is 0 Å². The molecule has 0 radical (unpaired) electrons. The molecule has 0 saturated carbocycles. The molecule has 0 aliphatic rings. The zero-order valence-corrected chi connectivity index (χ0v) is 15.2. The van der Waals surface area contributed by atoms with Crippen molar-refractivity contribution < 1.29 is 9.18 Å². The second-order valence-corrected chi connectivity index (χ2v) is 6.31. The summed E-state index contributed by atoms with van der Waals surface area (Å²) < 4.78 is 17.1. The summed E-state index contributed by atoms with van der Waals surface area (Å²) in [6.45, 7) is 0.233. The number of anilines is 1. The fraction of sp³-hybridized carbons (Fsp3) is 0.105. The number of nitrogens with one attached hydrogen (secondary N) is 1. The van der Waals surface area contributed by atoms with E-state index in [1.807, 2.05) is 35.0 Å². The van der Waals surface area contributed by atoms with Gasteiger partial charge in [0.25, 0.3) is 5.91 Å². The molecule has 0 spiro atoms. The van der Waals surface area contributed by atoms with E-state index in [1.165, 1.54) is 6.07 Å². The molecule has 0 saturated heterocycles. The van der Waals surface area contributed by atoms with E-state index in [4.69, 9.17) is 5.73 Å². The number of halogens is 1. The number of fused-ring (bicyclic) bond motifs is 1. The van der Waals surface area contributed by atoms with Gasteiger partial charge in [0.15, 0.2) is 0 Å². The molecule has 0 atom stereocenters. The van der Waals surface area contributed by atoms with E-state index in [0.717, 1.165) is 21.1 Å². The number of hydrogen-bond donors (Lipinski definition) is 2. The lowest BCUT2D eigenvalue weighted by atomic mass is 10.2. The summed E-state index contributed by atoms with van der Waals surface area (Å²) in [5.41, 5.74) is 10.3. The first-order valence-corrected chi connectivity index (χ1v) is 8.76. The Morgan fingerprint density at radius 1 is 1.21 bits per heavy atom. The summed E-state index contributed by atoms with van der Waals surface area (Å²) in [4.78, 5) is 12.0. The van der Waals surface area contributed by atoms with Gasteiger partial charge in [-0.25, -0.2) is 14.5 Å². The molecule has 0 bridgehead atoms. The number of nitrogens with two attached hydrogens (primary N) is 1. The van der Waals surface area contributed by atoms with Crippen molar-refractivity contribution in [3.8, 4) is 0 Å². The number of hydrogen-bond acceptors (Lipinski definition) is 6. The van der Waals surface area contributed by atoms with Crippen molar-refractivity contribution in [1.29, 1.82) is 0 Å². The van der Waals surface area contributed by atoms with E-state index < -0.39 is 5.91 Å². The molecule has 2 aromatic heterocycles. The monoisotopic (exact) mass is 392 g/mol. The van der Waals surface area contributed by atoms with Crippen LogP contribution in [0.15, 0.2) is 59.8 Å². The van der Waals surface area contributed by atoms with E-state index in [2.05, 4.69) is 26.1 Å². The third-order valence-corrected chi connectivity index (χ3v) is 4.36. The second kappa shape index (κ2) is 7.89. The summed E-state index contributed by atoms with van der Waals surface area (Å²) in [7, 11) is 0. The van der Waals surface area contributed by atoms with E-state index in [0.29, 0.717) is 12.1 Å². The molecule has 0 unspecified atom stereocenters. The largest absolute Gasteiger partial charge is 0.367 e. The molecule has 2 aromatic carbocycles. The Labute approximate surface area is 164 Å². The molecular weight excluding hydrogens is 375 g/mol. The van der Waals surface area contributed by atoms with Gasteiger partial charge in [-0.1, -0.05) is 41.5 Å². The standard InChI is InChI=1S/C19H17FN8O/c20-16-7-3-1-5-13(16)10-27-11-14(15-6-2-4-8-17(15)27)9-22-23-18(29)12-28-19(21)24-25-26-28/h1-9,11H,10,12H2,(H,23,29)(H2,21,24,26)/b22-9+. The van der Waals surface area contributed by atoms with Crippen molar-refractivity contribution in [2.24, 2.45) is 5.10 Å². The van der Waals surface area contributed by atoms with Gasteiger partial charge < -0.3 is 10.3 Å². The van der Waals surface area contributed by atoms with Crippen molar-refractivity contribution in [2.75, 3.05) is 5.73 Å². The Balaban J connectivity index is 1.53. The number of tetrazole rings is 1. The number of benzene rings is 2. The zero-order valence-electron chi connectivity index (χ0n) is 15.2. The van der Waals surface area contributed by atoms with E-state index in [9.17, 15) is 9.18 Å². The Hall–Kier alpha value is -4.08. The van der Waals surface area contributed by atoms with Crippen LogP contribution in [-0.4, -0.2) is 36.9 Å². The van der Waals surface area contributed by atoms with Crippen molar-refractivity contribution in [3.63, 3.8) is 0 Å². The molecule has 2 heterocycles. The molecule has 3 N–H and O–H groups in total. The van der Waals surface area contributed by atoms with Gasteiger partial charge in [0.2, 0.25) is 5.95 Å². The van der Waals surface area contributed by atoms with Crippen LogP contribution in [0.1, 0.15) is 11.1 Å². The molecule has 4 rings (SSSR count). The van der Waals surface area contributed by atoms with Gasteiger partial charge in [-0.2, -0.15) is 5.10 Å². The number of carbonyl (C=O) groups excluding carboxylic acids is 1. The maximum absolute atomic E-state index is 14.0. The van der Waals surface area contributed by atoms with Gasteiger partial charge >= 0.3 is 0 Å². The maximum atomic E-state index is 14.0. The van der Waals surface area contributed by atoms with Crippen LogP contribution in [0.5, 0.6) is 0 Å². The molecule has 29 heavy (non-hydrogen) atoms. The van der Waals surface area contributed by atoms with E-state index >= 15 is 0 Å². The van der Waals surface area contributed by atoms with Crippen LogP contribution in [0.4, 0.5) is 10.3 Å². The van der Waals surface area contributed by atoms with Gasteiger partial charge in [-0.05, 0) is 22.6 Å². The third kappa shape index (κ3) is 3.95. The first-order chi connectivity index (χ1) is 14.1. The number of nitrogen functional groups attached to an aromatic ring is 1. The highest BCUT2D eigenvalue weighted by atomic mass is 19.1. The summed E-state index contributed by atoms with van der Waals surface area (Å²) >= 11 is 0. The molecule has 1 amide bonds. The molecule has 0 aliphatic heterocycles. The molecule has 10 heteroatoms. The van der Waals surface area contributed by atoms with Gasteiger partial charge in [0, 0.05) is 28.2 Å². The van der Waals surface area contributed by atoms with Crippen LogP contribution in [0.3, 0.4) is 0 Å². The Morgan fingerprint density at radius 3 is 2.79 bits per heavy atom. The minimum atomic E-state index is -0.421. The fourth-order valence-electron chi connectivity index (χ4n) is 2.99. The Morgan fingerprint density at radius 2 is 2.00 bits per heavy atom. The number of rotatable bonds is 6. The van der Waals surface area contributed by atoms with Crippen molar-refractivity contribution >= 4 is 29.0 Å². The van der Waals surface area contributed by atoms with Crippen molar-refractivity contribution in [1.82, 2.24) is 30.2 Å². The highest BCUT2D eigenvalue weighted by molar-refractivity contribution is 5.99. The number of nitrogens with zero attached hydrogens (tertiary/aromatic N) is 6. The van der Waals surface area contributed by atoms with Crippen molar-refractivity contribution in [3.05, 3.63) is 71.7 Å². The van der Waals surface area contributed by atoms with Crippen LogP contribution >= 0.6 is 0 Å². The van der Waals surface area contributed by atoms with Crippen LogP contribution in [0.25, 0.3) is 10.9 Å². The summed E-state index contributed by atoms with van der Waals surface area (Å²) in [6.07, 6.45) is 3.41. The van der Waals surface area contributed by atoms with E-state index in [-0.39, 0.29) is 18.3 Å². The molecule has 146 valence electrons. The second-order valence-electron chi connectivity index (χ2n) is 6.31. The number of carbonyl (C=O) groups is 1. The number of para-hydroxylation sites is 1. The topological polar surface area (TPSA) is 116 Å². The van der Waals surface area contributed by atoms with Crippen molar-refractivity contribution in [2.45, 2.75) is 13.1 Å². The van der Waals surface area contributed by atoms with Crippen LogP contribution < -0.4 is 11.2 Å². The lowest BCUT2D eigenvalue weighted by Gasteiger charge is -2.06. The van der Waals surface area contributed by atoms with Crippen LogP contribution in [0, 0.1) is 5.82 Å². The summed E-state index contributed by atoms with van der Waals surface area (Å²) in [6, 6.07) is 14.4. The highest BCUT2D eigenvalue weighted by Crippen LogP contribution is 2.22. The smallest absolute Gasteiger partial charge is 0.261 e. The lowest BCUT2D eigenvalue weighted by Crippen LogP contribution is -2.24. The third-order valence-electron chi connectivity index (χ3n) is 4.36. The van der Waals surface area contributed by atoms with E-state index in [1.54, 1.807) is 24.4 Å². The number of aromatic nitrogens is 5. The molecule has 9 nitrogen and oxygen atoms in total. The van der Waals surface area contributed by atoms with Gasteiger partial charge in [0.05, 0.1) is 12.8 Å². The normalized spacial score (nSPS) is 11.3. The summed E-state index contributed by atoms with van der Waals surface area (Å²) in [5, 5.41) is 15.4. The minimum absolute atomic E-state index is 0.0420. The Kier molecular flexibility index (Phi) is 4.97. The lowest BCUT2D eigenvalue weighted by molar-refractivity contribution is -0.121. The SMILES string of the molecule is Nc1nnnn1CC(=O)N/N=C/c1cn(Cc2ccccc2F)c2ccccc12. The zero-order chi connectivity index (χ0) is 20.2. The molecule has 0 aliphatic carbocycles. The average Bonchev–Trinajstić information content (AvgIpc) is 3.28. The maximum Gasteiger partial charge on any atom is 0.261 e. The molecule has 4 aromatic rings. The number of amides is 1. The molecular formula is C19H17FN8O. The summed E-state index contributed by atoms with van der Waals surface area (Å²) in [5.74, 6) is -0.634. The quantitative estimate of drug-likeness (QED) is 0.381. The highest BCUT2D eigenvalue weighted by Gasteiger charge is 2.10. The van der Waals surface area contributed by atoms with Crippen LogP contribution in [-0.2, 0) is 17.9 Å². The predicted molar refractivity (Wildman–Crippen MR) is 105 cm³/mol. The van der Waals surface area contributed by atoms with Gasteiger partial charge in [0.1, 0.15) is 12.4 Å². The fourth-order valence-corrected chi connectivity index (χ4v) is 2.99. The molecule has 0 fully saturated rings. The average molecular weight is 392 g/mol. The first-order valence-electron chi connectivity index (χ1n) is 8.76. The first kappa shape index (κ1) is 18.3. The number of hydrazone groups is 1. The van der Waals surface area contributed by atoms with Gasteiger partial charge in [-0.15, -0.1) is 0 Å². The minimum Gasteiger partial charge on any atom is -0.367 e. The Bertz CT molecular complexity index is 1200. The predicted octanol–water partition coefficient (Wildman–Crippen LogP) is 1.55.